The summed E-state index contributed by atoms with van der Waals surface area (Å²) in [5, 5.41) is 11.5. The number of ether oxygens (including phenoxy) is 2. The first kappa shape index (κ1) is 24.7. The van der Waals surface area contributed by atoms with Crippen LogP contribution in [-0.4, -0.2) is 38.1 Å². The maximum absolute atomic E-state index is 15.0. The van der Waals surface area contributed by atoms with E-state index in [1.807, 2.05) is 6.07 Å². The van der Waals surface area contributed by atoms with Gasteiger partial charge in [0.05, 0.1) is 26.0 Å². The SMILES string of the molecule is COc1ccc(-c2[nH]c3ccc(-c4cccc(C(=O)NCC#N)c4)cc3c2C(F)C(F)F)cc1OC. The highest BCUT2D eigenvalue weighted by Crippen LogP contribution is 2.42. The zero-order valence-corrected chi connectivity index (χ0v) is 19.4. The molecule has 0 aliphatic carbocycles. The van der Waals surface area contributed by atoms with Crippen molar-refractivity contribution in [1.29, 1.82) is 5.26 Å². The Kier molecular flexibility index (Phi) is 7.15. The summed E-state index contributed by atoms with van der Waals surface area (Å²) in [4.78, 5) is 15.3. The maximum atomic E-state index is 15.0. The summed E-state index contributed by atoms with van der Waals surface area (Å²) in [6, 6.07) is 18.4. The van der Waals surface area contributed by atoms with Crippen molar-refractivity contribution in [3.8, 4) is 40.0 Å². The second-order valence-electron chi connectivity index (χ2n) is 7.90. The molecule has 36 heavy (non-hydrogen) atoms. The number of halogens is 3. The highest BCUT2D eigenvalue weighted by atomic mass is 19.3. The third-order valence-electron chi connectivity index (χ3n) is 5.79. The van der Waals surface area contributed by atoms with E-state index < -0.39 is 18.5 Å². The number of methoxy groups -OCH3 is 2. The molecule has 4 rings (SSSR count). The molecule has 0 radical (unpaired) electrons. The average Bonchev–Trinajstić information content (AvgIpc) is 3.29. The van der Waals surface area contributed by atoms with Crippen molar-refractivity contribution in [2.24, 2.45) is 0 Å². The van der Waals surface area contributed by atoms with E-state index in [1.165, 1.54) is 14.2 Å². The van der Waals surface area contributed by atoms with Gasteiger partial charge in [-0.3, -0.25) is 4.79 Å². The summed E-state index contributed by atoms with van der Waals surface area (Å²) in [6.45, 7) is -0.133. The normalized spacial score (nSPS) is 11.8. The Balaban J connectivity index is 1.85. The van der Waals surface area contributed by atoms with Gasteiger partial charge in [0, 0.05) is 27.6 Å². The van der Waals surface area contributed by atoms with E-state index in [-0.39, 0.29) is 17.8 Å². The summed E-state index contributed by atoms with van der Waals surface area (Å²) in [7, 11) is 2.93. The van der Waals surface area contributed by atoms with Gasteiger partial charge in [-0.05, 0) is 53.6 Å². The van der Waals surface area contributed by atoms with Crippen molar-refractivity contribution in [1.82, 2.24) is 10.3 Å². The fourth-order valence-electron chi connectivity index (χ4n) is 4.09. The van der Waals surface area contributed by atoms with Crippen LogP contribution in [-0.2, 0) is 0 Å². The van der Waals surface area contributed by atoms with Crippen molar-refractivity contribution in [3.63, 3.8) is 0 Å². The molecule has 1 heterocycles. The number of fused-ring (bicyclic) bond motifs is 1. The Hall–Kier alpha value is -4.45. The molecular formula is C27H22F3N3O3. The molecule has 4 aromatic rings. The van der Waals surface area contributed by atoms with Gasteiger partial charge < -0.3 is 19.8 Å². The fraction of sp³-hybridized carbons (Fsp3) is 0.185. The lowest BCUT2D eigenvalue weighted by Gasteiger charge is -2.13. The Morgan fingerprint density at radius 2 is 1.69 bits per heavy atom. The monoisotopic (exact) mass is 493 g/mol. The number of hydrogen-bond acceptors (Lipinski definition) is 4. The number of nitriles is 1. The van der Waals surface area contributed by atoms with E-state index in [9.17, 15) is 13.6 Å². The highest BCUT2D eigenvalue weighted by molar-refractivity contribution is 5.97. The smallest absolute Gasteiger partial charge is 0.273 e. The molecule has 2 N–H and O–H groups in total. The summed E-state index contributed by atoms with van der Waals surface area (Å²) in [5.74, 6) is 0.406. The number of amides is 1. The molecule has 0 aliphatic rings. The molecule has 0 fully saturated rings. The van der Waals surface area contributed by atoms with Crippen LogP contribution in [0.3, 0.4) is 0 Å². The standard InChI is InChI=1S/C27H22F3N3O3/c1-35-21-9-7-17(14-22(21)36-2)25-23(24(28)26(29)30)19-13-16(6-8-20(19)33-25)15-4-3-5-18(12-15)27(34)32-11-10-31/h3-9,12-14,24,26,33H,11H2,1-2H3,(H,32,34). The minimum atomic E-state index is -3.24. The first-order valence-electron chi connectivity index (χ1n) is 10.9. The van der Waals surface area contributed by atoms with Gasteiger partial charge in [0.1, 0.15) is 6.54 Å². The lowest BCUT2D eigenvalue weighted by Crippen LogP contribution is -2.23. The van der Waals surface area contributed by atoms with E-state index in [2.05, 4.69) is 10.3 Å². The minimum absolute atomic E-state index is 0.133. The van der Waals surface area contributed by atoms with Gasteiger partial charge >= 0.3 is 0 Å². The lowest BCUT2D eigenvalue weighted by molar-refractivity contribution is 0.0506. The number of carbonyl (C=O) groups is 1. The van der Waals surface area contributed by atoms with Crippen molar-refractivity contribution >= 4 is 16.8 Å². The van der Waals surface area contributed by atoms with Gasteiger partial charge in [-0.2, -0.15) is 5.26 Å². The van der Waals surface area contributed by atoms with Crippen LogP contribution >= 0.6 is 0 Å². The Bertz CT molecular complexity index is 1460. The largest absolute Gasteiger partial charge is 0.493 e. The van der Waals surface area contributed by atoms with Crippen LogP contribution in [0.5, 0.6) is 11.5 Å². The number of nitrogens with one attached hydrogen (secondary N) is 2. The lowest BCUT2D eigenvalue weighted by atomic mass is 9.97. The van der Waals surface area contributed by atoms with Gasteiger partial charge in [-0.25, -0.2) is 13.2 Å². The van der Waals surface area contributed by atoms with Gasteiger partial charge in [0.2, 0.25) is 0 Å². The second-order valence-corrected chi connectivity index (χ2v) is 7.90. The highest BCUT2D eigenvalue weighted by Gasteiger charge is 2.29. The quantitative estimate of drug-likeness (QED) is 0.293. The molecule has 1 atom stereocenters. The van der Waals surface area contributed by atoms with E-state index in [1.54, 1.807) is 60.7 Å². The molecule has 0 saturated heterocycles. The van der Waals surface area contributed by atoms with Crippen LogP contribution < -0.4 is 14.8 Å². The van der Waals surface area contributed by atoms with Crippen LogP contribution in [0.1, 0.15) is 22.1 Å². The molecule has 0 saturated carbocycles. The average molecular weight is 493 g/mol. The number of carbonyl (C=O) groups excluding carboxylic acids is 1. The molecule has 1 aromatic heterocycles. The zero-order valence-electron chi connectivity index (χ0n) is 19.4. The number of aromatic amines is 1. The van der Waals surface area contributed by atoms with Gasteiger partial charge in [-0.15, -0.1) is 0 Å². The van der Waals surface area contributed by atoms with Crippen molar-refractivity contribution in [3.05, 3.63) is 71.8 Å². The van der Waals surface area contributed by atoms with Crippen LogP contribution in [0.4, 0.5) is 13.2 Å². The second kappa shape index (κ2) is 10.4. The van der Waals surface area contributed by atoms with Crippen LogP contribution in [0, 0.1) is 11.3 Å². The third-order valence-corrected chi connectivity index (χ3v) is 5.79. The van der Waals surface area contributed by atoms with E-state index in [4.69, 9.17) is 14.7 Å². The van der Waals surface area contributed by atoms with E-state index in [0.29, 0.717) is 44.7 Å². The molecule has 1 amide bonds. The number of hydrogen-bond donors (Lipinski definition) is 2. The number of aromatic nitrogens is 1. The first-order chi connectivity index (χ1) is 17.4. The predicted molar refractivity (Wildman–Crippen MR) is 130 cm³/mol. The predicted octanol–water partition coefficient (Wildman–Crippen LogP) is 6.05. The van der Waals surface area contributed by atoms with Crippen LogP contribution in [0.2, 0.25) is 0 Å². The van der Waals surface area contributed by atoms with Gasteiger partial charge in [-0.1, -0.05) is 18.2 Å². The molecule has 184 valence electrons. The number of nitrogens with zero attached hydrogens (tertiary/aromatic N) is 1. The topological polar surface area (TPSA) is 87.1 Å². The van der Waals surface area contributed by atoms with E-state index in [0.717, 1.165) is 0 Å². The molecule has 0 aliphatic heterocycles. The first-order valence-corrected chi connectivity index (χ1v) is 10.9. The van der Waals surface area contributed by atoms with Crippen molar-refractivity contribution in [2.75, 3.05) is 20.8 Å². The number of H-pyrrole nitrogens is 1. The van der Waals surface area contributed by atoms with Gasteiger partial charge in [0.25, 0.3) is 12.3 Å². The summed E-state index contributed by atoms with van der Waals surface area (Å²) in [6.07, 6.45) is -5.78. The van der Waals surface area contributed by atoms with Crippen molar-refractivity contribution < 1.29 is 27.4 Å². The molecule has 0 spiro atoms. The van der Waals surface area contributed by atoms with Crippen LogP contribution in [0.15, 0.2) is 60.7 Å². The third kappa shape index (κ3) is 4.70. The summed E-state index contributed by atoms with van der Waals surface area (Å²) in [5.41, 5.74) is 2.55. The Morgan fingerprint density at radius 1 is 0.972 bits per heavy atom. The number of benzene rings is 3. The van der Waals surface area contributed by atoms with Gasteiger partial charge in [0.15, 0.2) is 17.7 Å². The molecule has 9 heteroatoms. The minimum Gasteiger partial charge on any atom is -0.493 e. The zero-order chi connectivity index (χ0) is 25.8. The number of alkyl halides is 3. The fourth-order valence-corrected chi connectivity index (χ4v) is 4.09. The molecule has 3 aromatic carbocycles. The molecule has 0 bridgehead atoms. The maximum Gasteiger partial charge on any atom is 0.273 e. The molecular weight excluding hydrogens is 471 g/mol. The molecule has 6 nitrogen and oxygen atoms in total. The summed E-state index contributed by atoms with van der Waals surface area (Å²) < 4.78 is 52.9. The Labute approximate surface area is 205 Å². The summed E-state index contributed by atoms with van der Waals surface area (Å²) >= 11 is 0. The van der Waals surface area contributed by atoms with E-state index >= 15 is 4.39 Å². The Morgan fingerprint density at radius 3 is 2.39 bits per heavy atom. The molecule has 1 unspecified atom stereocenters. The van der Waals surface area contributed by atoms with Crippen molar-refractivity contribution in [2.45, 2.75) is 12.6 Å². The number of rotatable bonds is 8. The van der Waals surface area contributed by atoms with Crippen LogP contribution in [0.25, 0.3) is 33.3 Å².